The Morgan fingerprint density at radius 3 is 2.62 bits per heavy atom. The number of amides is 1. The van der Waals surface area contributed by atoms with Crippen LogP contribution in [-0.4, -0.2) is 24.2 Å². The van der Waals surface area contributed by atoms with Gasteiger partial charge < -0.3 is 15.2 Å². The molecule has 24 heavy (non-hydrogen) atoms. The van der Waals surface area contributed by atoms with E-state index in [2.05, 4.69) is 5.32 Å². The van der Waals surface area contributed by atoms with Gasteiger partial charge in [-0.05, 0) is 42.2 Å². The molecular formula is C19H20ClNO3. The van der Waals surface area contributed by atoms with Crippen molar-refractivity contribution in [1.82, 2.24) is 0 Å². The summed E-state index contributed by atoms with van der Waals surface area (Å²) in [6.07, 6.45) is 1.17. The van der Waals surface area contributed by atoms with Crippen LogP contribution in [0, 0.1) is 0 Å². The van der Waals surface area contributed by atoms with Gasteiger partial charge in [-0.15, -0.1) is 0 Å². The first-order valence-electron chi connectivity index (χ1n) is 8.00. The van der Waals surface area contributed by atoms with Crippen LogP contribution in [0.25, 0.3) is 0 Å². The predicted octanol–water partition coefficient (Wildman–Crippen LogP) is 3.52. The van der Waals surface area contributed by atoms with E-state index < -0.39 is 5.41 Å². The Kier molecular flexibility index (Phi) is 5.19. The number of hydrogen-bond acceptors (Lipinski definition) is 3. The Hall–Kier alpha value is -1.88. The lowest BCUT2D eigenvalue weighted by molar-refractivity contribution is -0.125. The van der Waals surface area contributed by atoms with E-state index in [-0.39, 0.29) is 12.5 Å². The number of ether oxygens (including phenoxy) is 1. The molecule has 0 aromatic heterocycles. The molecule has 3 rings (SSSR count). The number of carbonyl (C=O) groups excluding carboxylic acids is 1. The van der Waals surface area contributed by atoms with Gasteiger partial charge in [-0.1, -0.05) is 41.9 Å². The number of aliphatic hydroxyl groups is 1. The average molecular weight is 346 g/mol. The molecule has 0 saturated carbocycles. The summed E-state index contributed by atoms with van der Waals surface area (Å²) in [4.78, 5) is 13.2. The number of aliphatic hydroxyl groups excluding tert-OH is 1. The maximum absolute atomic E-state index is 13.2. The van der Waals surface area contributed by atoms with Crippen molar-refractivity contribution in [3.8, 4) is 0 Å². The van der Waals surface area contributed by atoms with Crippen LogP contribution in [0.4, 0.5) is 5.69 Å². The van der Waals surface area contributed by atoms with E-state index >= 15 is 0 Å². The van der Waals surface area contributed by atoms with Crippen LogP contribution in [0.2, 0.25) is 5.02 Å². The van der Waals surface area contributed by atoms with Gasteiger partial charge in [0.05, 0.1) is 12.0 Å². The summed E-state index contributed by atoms with van der Waals surface area (Å²) in [5.74, 6) is -0.0889. The van der Waals surface area contributed by atoms with Gasteiger partial charge in [-0.2, -0.15) is 0 Å². The lowest BCUT2D eigenvalue weighted by Gasteiger charge is -2.36. The van der Waals surface area contributed by atoms with Crippen LogP contribution in [-0.2, 0) is 21.6 Å². The van der Waals surface area contributed by atoms with E-state index in [0.29, 0.717) is 36.8 Å². The third-order valence-electron chi connectivity index (χ3n) is 4.54. The number of halogens is 1. The minimum Gasteiger partial charge on any atom is -0.392 e. The predicted molar refractivity (Wildman–Crippen MR) is 94.2 cm³/mol. The standard InChI is InChI=1S/C19H20ClNO3/c20-17-7-2-1-6-16(17)19(8-10-24-11-9-19)18(23)21-15-5-3-4-14(12-15)13-22/h1-7,12,22H,8-11,13H2,(H,21,23). The summed E-state index contributed by atoms with van der Waals surface area (Å²) < 4.78 is 5.47. The lowest BCUT2D eigenvalue weighted by Crippen LogP contribution is -2.45. The zero-order valence-corrected chi connectivity index (χ0v) is 14.1. The average Bonchev–Trinajstić information content (AvgIpc) is 2.63. The van der Waals surface area contributed by atoms with E-state index in [4.69, 9.17) is 16.3 Å². The van der Waals surface area contributed by atoms with Gasteiger partial charge in [0.1, 0.15) is 0 Å². The number of carbonyl (C=O) groups is 1. The highest BCUT2D eigenvalue weighted by Crippen LogP contribution is 2.39. The Morgan fingerprint density at radius 2 is 1.92 bits per heavy atom. The molecule has 0 atom stereocenters. The summed E-state index contributed by atoms with van der Waals surface area (Å²) in [7, 11) is 0. The van der Waals surface area contributed by atoms with Crippen molar-refractivity contribution in [2.45, 2.75) is 24.9 Å². The second kappa shape index (κ2) is 7.34. The van der Waals surface area contributed by atoms with Crippen LogP contribution in [0.3, 0.4) is 0 Å². The normalized spacial score (nSPS) is 16.6. The van der Waals surface area contributed by atoms with Gasteiger partial charge in [-0.3, -0.25) is 4.79 Å². The molecule has 1 saturated heterocycles. The SMILES string of the molecule is O=C(Nc1cccc(CO)c1)C1(c2ccccc2Cl)CCOCC1. The first-order chi connectivity index (χ1) is 11.7. The zero-order valence-electron chi connectivity index (χ0n) is 13.3. The number of benzene rings is 2. The third kappa shape index (κ3) is 3.31. The molecule has 0 bridgehead atoms. The van der Waals surface area contributed by atoms with E-state index in [9.17, 15) is 9.90 Å². The van der Waals surface area contributed by atoms with Crippen LogP contribution in [0.1, 0.15) is 24.0 Å². The lowest BCUT2D eigenvalue weighted by atomic mass is 9.73. The van der Waals surface area contributed by atoms with Gasteiger partial charge in [-0.25, -0.2) is 0 Å². The second-order valence-corrected chi connectivity index (χ2v) is 6.39. The topological polar surface area (TPSA) is 58.6 Å². The minimum atomic E-state index is -0.703. The Labute approximate surface area is 146 Å². The quantitative estimate of drug-likeness (QED) is 0.891. The molecule has 2 N–H and O–H groups in total. The number of rotatable bonds is 4. The van der Waals surface area contributed by atoms with Crippen molar-refractivity contribution >= 4 is 23.2 Å². The highest BCUT2D eigenvalue weighted by molar-refractivity contribution is 6.31. The van der Waals surface area contributed by atoms with Gasteiger partial charge in [0.2, 0.25) is 5.91 Å². The molecule has 0 aliphatic carbocycles. The van der Waals surface area contributed by atoms with E-state index in [1.54, 1.807) is 6.07 Å². The van der Waals surface area contributed by atoms with Crippen LogP contribution >= 0.6 is 11.6 Å². The molecule has 2 aromatic rings. The molecule has 0 radical (unpaired) electrons. The highest BCUT2D eigenvalue weighted by atomic mass is 35.5. The fraction of sp³-hybridized carbons (Fsp3) is 0.316. The molecule has 1 aliphatic rings. The van der Waals surface area contributed by atoms with Crippen molar-refractivity contribution in [2.75, 3.05) is 18.5 Å². The Balaban J connectivity index is 1.94. The molecule has 1 fully saturated rings. The molecule has 5 heteroatoms. The molecule has 1 amide bonds. The van der Waals surface area contributed by atoms with Crippen molar-refractivity contribution in [3.63, 3.8) is 0 Å². The maximum Gasteiger partial charge on any atom is 0.235 e. The molecule has 4 nitrogen and oxygen atoms in total. The van der Waals surface area contributed by atoms with Gasteiger partial charge in [0, 0.05) is 23.9 Å². The van der Waals surface area contributed by atoms with Crippen molar-refractivity contribution in [2.24, 2.45) is 0 Å². The van der Waals surface area contributed by atoms with E-state index in [1.165, 1.54) is 0 Å². The Morgan fingerprint density at radius 1 is 1.17 bits per heavy atom. The number of anilines is 1. The number of nitrogens with one attached hydrogen (secondary N) is 1. The molecule has 0 spiro atoms. The second-order valence-electron chi connectivity index (χ2n) is 5.99. The van der Waals surface area contributed by atoms with E-state index in [1.807, 2.05) is 42.5 Å². The molecule has 1 heterocycles. The van der Waals surface area contributed by atoms with Crippen molar-refractivity contribution in [3.05, 3.63) is 64.7 Å². The van der Waals surface area contributed by atoms with Gasteiger partial charge in [0.15, 0.2) is 0 Å². The Bertz CT molecular complexity index is 726. The number of hydrogen-bond donors (Lipinski definition) is 2. The highest BCUT2D eigenvalue weighted by Gasteiger charge is 2.43. The first-order valence-corrected chi connectivity index (χ1v) is 8.37. The van der Waals surface area contributed by atoms with Crippen molar-refractivity contribution < 1.29 is 14.6 Å². The summed E-state index contributed by atoms with van der Waals surface area (Å²) in [6.45, 7) is 0.984. The molecule has 2 aromatic carbocycles. The first kappa shape index (κ1) is 17.0. The smallest absolute Gasteiger partial charge is 0.235 e. The van der Waals surface area contributed by atoms with Gasteiger partial charge in [0.25, 0.3) is 0 Å². The summed E-state index contributed by atoms with van der Waals surface area (Å²) >= 11 is 6.39. The third-order valence-corrected chi connectivity index (χ3v) is 4.87. The molecule has 1 aliphatic heterocycles. The van der Waals surface area contributed by atoms with Crippen LogP contribution < -0.4 is 5.32 Å². The summed E-state index contributed by atoms with van der Waals surface area (Å²) in [5.41, 5.74) is 1.56. The minimum absolute atomic E-state index is 0.0623. The molecule has 0 unspecified atom stereocenters. The van der Waals surface area contributed by atoms with Crippen molar-refractivity contribution in [1.29, 1.82) is 0 Å². The van der Waals surface area contributed by atoms with Gasteiger partial charge >= 0.3 is 0 Å². The summed E-state index contributed by atoms with van der Waals surface area (Å²) in [5, 5.41) is 12.8. The molecular weight excluding hydrogens is 326 g/mol. The zero-order chi connectivity index (χ0) is 17.0. The fourth-order valence-corrected chi connectivity index (χ4v) is 3.50. The summed E-state index contributed by atoms with van der Waals surface area (Å²) in [6, 6.07) is 14.7. The monoisotopic (exact) mass is 345 g/mol. The van der Waals surface area contributed by atoms with Crippen LogP contribution in [0.5, 0.6) is 0 Å². The molecule has 126 valence electrons. The fourth-order valence-electron chi connectivity index (χ4n) is 3.19. The van der Waals surface area contributed by atoms with E-state index in [0.717, 1.165) is 11.1 Å². The largest absolute Gasteiger partial charge is 0.392 e. The maximum atomic E-state index is 13.2. The van der Waals surface area contributed by atoms with Crippen LogP contribution in [0.15, 0.2) is 48.5 Å².